The molecule has 5 nitrogen and oxygen atoms in total. The van der Waals surface area contributed by atoms with Crippen LogP contribution in [0.25, 0.3) is 6.08 Å². The van der Waals surface area contributed by atoms with Crippen molar-refractivity contribution >= 4 is 23.6 Å². The topological polar surface area (TPSA) is 58.6 Å². The third kappa shape index (κ3) is 6.06. The predicted octanol–water partition coefficient (Wildman–Crippen LogP) is 4.34. The molecule has 0 radical (unpaired) electrons. The van der Waals surface area contributed by atoms with E-state index < -0.39 is 0 Å². The van der Waals surface area contributed by atoms with Crippen LogP contribution in [-0.2, 0) is 11.2 Å². The summed E-state index contributed by atoms with van der Waals surface area (Å²) in [5, 5.41) is 2.94. The zero-order valence-electron chi connectivity index (χ0n) is 17.7. The van der Waals surface area contributed by atoms with Crippen molar-refractivity contribution in [1.29, 1.82) is 0 Å². The molecule has 0 unspecified atom stereocenters. The molecule has 31 heavy (non-hydrogen) atoms. The molecule has 1 N–H and O–H groups in total. The van der Waals surface area contributed by atoms with Crippen molar-refractivity contribution in [3.05, 3.63) is 102 Å². The molecule has 158 valence electrons. The molecule has 0 atom stereocenters. The Labute approximate surface area is 183 Å². The van der Waals surface area contributed by atoms with E-state index in [9.17, 15) is 9.59 Å². The Bertz CT molecular complexity index is 1040. The molecule has 0 heterocycles. The number of amides is 2. The number of nitrogens with one attached hydrogen (secondary N) is 1. The van der Waals surface area contributed by atoms with Gasteiger partial charge in [0.15, 0.2) is 0 Å². The SMILES string of the molecule is COc1ccc(/C=C/C(=O)N(C)c2ccccc2C(=O)NCCc2ccccc2)cc1. The highest BCUT2D eigenvalue weighted by atomic mass is 16.5. The van der Waals surface area contributed by atoms with Crippen LogP contribution in [0.3, 0.4) is 0 Å². The van der Waals surface area contributed by atoms with Gasteiger partial charge in [-0.1, -0.05) is 54.6 Å². The van der Waals surface area contributed by atoms with Crippen molar-refractivity contribution in [2.75, 3.05) is 25.6 Å². The second-order valence-corrected chi connectivity index (χ2v) is 7.01. The molecule has 0 aliphatic heterocycles. The molecule has 0 saturated heterocycles. The van der Waals surface area contributed by atoms with Crippen LogP contribution in [0.1, 0.15) is 21.5 Å². The third-order valence-corrected chi connectivity index (χ3v) is 4.92. The maximum atomic E-state index is 12.7. The number of anilines is 1. The second-order valence-electron chi connectivity index (χ2n) is 7.01. The molecule has 0 spiro atoms. The average molecular weight is 415 g/mol. The van der Waals surface area contributed by atoms with Crippen LogP contribution < -0.4 is 15.0 Å². The molecule has 0 aliphatic carbocycles. The standard InChI is InChI=1S/C26H26N2O3/c1-28(25(29)17-14-21-12-15-22(31-2)16-13-21)24-11-7-6-10-23(24)26(30)27-19-18-20-8-4-3-5-9-20/h3-17H,18-19H2,1-2H3,(H,27,30)/b17-14+. The molecule has 0 aliphatic rings. The number of hydrogen-bond acceptors (Lipinski definition) is 3. The molecular weight excluding hydrogens is 388 g/mol. The number of likely N-dealkylation sites (N-methyl/N-ethyl adjacent to an activating group) is 1. The smallest absolute Gasteiger partial charge is 0.253 e. The number of carbonyl (C=O) groups is 2. The number of benzene rings is 3. The van der Waals surface area contributed by atoms with Crippen LogP contribution in [-0.4, -0.2) is 32.5 Å². The van der Waals surface area contributed by atoms with E-state index in [1.54, 1.807) is 38.4 Å². The van der Waals surface area contributed by atoms with Gasteiger partial charge >= 0.3 is 0 Å². The van der Waals surface area contributed by atoms with Crippen LogP contribution in [0, 0.1) is 0 Å². The van der Waals surface area contributed by atoms with E-state index in [0.29, 0.717) is 17.8 Å². The second kappa shape index (κ2) is 10.8. The average Bonchev–Trinajstić information content (AvgIpc) is 2.83. The highest BCUT2D eigenvalue weighted by Crippen LogP contribution is 2.20. The number of ether oxygens (including phenoxy) is 1. The predicted molar refractivity (Wildman–Crippen MR) is 124 cm³/mol. The fourth-order valence-electron chi connectivity index (χ4n) is 3.13. The first kappa shape index (κ1) is 21.8. The van der Waals surface area contributed by atoms with E-state index in [1.807, 2.05) is 60.7 Å². The van der Waals surface area contributed by atoms with Crippen LogP contribution in [0.4, 0.5) is 5.69 Å². The van der Waals surface area contributed by atoms with Gasteiger partial charge < -0.3 is 15.0 Å². The Balaban J connectivity index is 1.65. The summed E-state index contributed by atoms with van der Waals surface area (Å²) in [4.78, 5) is 26.9. The van der Waals surface area contributed by atoms with Crippen LogP contribution in [0.2, 0.25) is 0 Å². The number of nitrogens with zero attached hydrogens (tertiary/aromatic N) is 1. The van der Waals surface area contributed by atoms with E-state index >= 15 is 0 Å². The van der Waals surface area contributed by atoms with Crippen molar-refractivity contribution in [2.24, 2.45) is 0 Å². The summed E-state index contributed by atoms with van der Waals surface area (Å²) in [6, 6.07) is 24.5. The van der Waals surface area contributed by atoms with Gasteiger partial charge in [-0.15, -0.1) is 0 Å². The van der Waals surface area contributed by atoms with Gasteiger partial charge in [0.1, 0.15) is 5.75 Å². The maximum Gasteiger partial charge on any atom is 0.253 e. The van der Waals surface area contributed by atoms with Gasteiger partial charge in [-0.05, 0) is 47.9 Å². The lowest BCUT2D eigenvalue weighted by Crippen LogP contribution is -2.30. The molecular formula is C26H26N2O3. The minimum absolute atomic E-state index is 0.203. The molecule has 3 rings (SSSR count). The fraction of sp³-hybridized carbons (Fsp3) is 0.154. The van der Waals surface area contributed by atoms with Gasteiger partial charge in [0.25, 0.3) is 11.8 Å². The summed E-state index contributed by atoms with van der Waals surface area (Å²) in [7, 11) is 3.27. The molecule has 0 fully saturated rings. The Kier molecular flexibility index (Phi) is 7.60. The monoisotopic (exact) mass is 414 g/mol. The molecule has 0 aromatic heterocycles. The number of para-hydroxylation sites is 1. The zero-order chi connectivity index (χ0) is 22.1. The van der Waals surface area contributed by atoms with Crippen LogP contribution in [0.5, 0.6) is 5.75 Å². The van der Waals surface area contributed by atoms with Crippen molar-refractivity contribution < 1.29 is 14.3 Å². The molecule has 0 bridgehead atoms. The highest BCUT2D eigenvalue weighted by molar-refractivity contribution is 6.08. The number of hydrogen-bond donors (Lipinski definition) is 1. The first-order valence-electron chi connectivity index (χ1n) is 10.1. The first-order valence-corrected chi connectivity index (χ1v) is 10.1. The lowest BCUT2D eigenvalue weighted by atomic mass is 10.1. The van der Waals surface area contributed by atoms with E-state index in [2.05, 4.69) is 5.32 Å². The summed E-state index contributed by atoms with van der Waals surface area (Å²) in [5.74, 6) is 0.332. The minimum Gasteiger partial charge on any atom is -0.497 e. The van der Waals surface area contributed by atoms with Gasteiger partial charge in [-0.25, -0.2) is 0 Å². The summed E-state index contributed by atoms with van der Waals surface area (Å²) in [6.45, 7) is 0.520. The van der Waals surface area contributed by atoms with Gasteiger partial charge in [-0.3, -0.25) is 9.59 Å². The fourth-order valence-corrected chi connectivity index (χ4v) is 3.13. The third-order valence-electron chi connectivity index (χ3n) is 4.92. The Morgan fingerprint density at radius 2 is 1.61 bits per heavy atom. The quantitative estimate of drug-likeness (QED) is 0.558. The van der Waals surface area contributed by atoms with Gasteiger partial charge in [0.2, 0.25) is 0 Å². The largest absolute Gasteiger partial charge is 0.497 e. The number of carbonyl (C=O) groups excluding carboxylic acids is 2. The van der Waals surface area contributed by atoms with E-state index in [1.165, 1.54) is 11.0 Å². The van der Waals surface area contributed by atoms with Crippen molar-refractivity contribution in [3.8, 4) is 5.75 Å². The van der Waals surface area contributed by atoms with Crippen molar-refractivity contribution in [1.82, 2.24) is 5.32 Å². The van der Waals surface area contributed by atoms with Crippen molar-refractivity contribution in [2.45, 2.75) is 6.42 Å². The van der Waals surface area contributed by atoms with Crippen LogP contribution >= 0.6 is 0 Å². The summed E-state index contributed by atoms with van der Waals surface area (Å²) in [5.41, 5.74) is 3.06. The molecule has 0 saturated carbocycles. The Morgan fingerprint density at radius 1 is 0.935 bits per heavy atom. The molecule has 5 heteroatoms. The zero-order valence-corrected chi connectivity index (χ0v) is 17.7. The molecule has 3 aromatic rings. The number of rotatable bonds is 8. The lowest BCUT2D eigenvalue weighted by molar-refractivity contribution is -0.113. The van der Waals surface area contributed by atoms with Gasteiger partial charge in [0.05, 0.1) is 18.4 Å². The normalized spacial score (nSPS) is 10.6. The maximum absolute atomic E-state index is 12.7. The lowest BCUT2D eigenvalue weighted by Gasteiger charge is -2.19. The van der Waals surface area contributed by atoms with Crippen molar-refractivity contribution in [3.63, 3.8) is 0 Å². The number of methoxy groups -OCH3 is 1. The van der Waals surface area contributed by atoms with Gasteiger partial charge in [-0.2, -0.15) is 0 Å². The van der Waals surface area contributed by atoms with E-state index in [4.69, 9.17) is 4.74 Å². The summed E-state index contributed by atoms with van der Waals surface area (Å²) < 4.78 is 5.14. The van der Waals surface area contributed by atoms with Gasteiger partial charge in [0, 0.05) is 19.7 Å². The minimum atomic E-state index is -0.222. The first-order chi connectivity index (χ1) is 15.1. The summed E-state index contributed by atoms with van der Waals surface area (Å²) >= 11 is 0. The Hall–Kier alpha value is -3.86. The Morgan fingerprint density at radius 3 is 2.32 bits per heavy atom. The highest BCUT2D eigenvalue weighted by Gasteiger charge is 2.16. The molecule has 3 aromatic carbocycles. The van der Waals surface area contributed by atoms with Crippen LogP contribution in [0.15, 0.2) is 84.9 Å². The molecule has 2 amide bonds. The van der Waals surface area contributed by atoms with E-state index in [0.717, 1.165) is 23.3 Å². The van der Waals surface area contributed by atoms with E-state index in [-0.39, 0.29) is 11.8 Å². The summed E-state index contributed by atoms with van der Waals surface area (Å²) in [6.07, 6.45) is 3.97.